The first-order valence-corrected chi connectivity index (χ1v) is 10.1. The minimum atomic E-state index is -0.646. The van der Waals surface area contributed by atoms with Crippen LogP contribution in [0.15, 0.2) is 66.7 Å². The highest BCUT2D eigenvalue weighted by Gasteiger charge is 2.24. The van der Waals surface area contributed by atoms with Gasteiger partial charge in [-0.2, -0.15) is 5.26 Å². The molecule has 0 amide bonds. The van der Waals surface area contributed by atoms with Crippen LogP contribution in [0.2, 0.25) is 0 Å². The van der Waals surface area contributed by atoms with E-state index in [4.69, 9.17) is 14.2 Å². The largest absolute Gasteiger partial charge is 0.493 e. The van der Waals surface area contributed by atoms with Crippen molar-refractivity contribution in [3.8, 4) is 17.6 Å². The maximum absolute atomic E-state index is 13.3. The molecule has 162 valence electrons. The lowest BCUT2D eigenvalue weighted by atomic mass is 9.96. The summed E-state index contributed by atoms with van der Waals surface area (Å²) in [5.74, 6) is -0.450. The van der Waals surface area contributed by atoms with E-state index in [1.54, 1.807) is 32.0 Å². The Morgan fingerprint density at radius 3 is 2.31 bits per heavy atom. The molecule has 0 N–H and O–H groups in total. The summed E-state index contributed by atoms with van der Waals surface area (Å²) in [6.45, 7) is 3.71. The third-order valence-corrected chi connectivity index (χ3v) is 4.60. The number of ketones is 1. The topological polar surface area (TPSA) is 85.6 Å². The van der Waals surface area contributed by atoms with Crippen LogP contribution < -0.4 is 9.47 Å². The Morgan fingerprint density at radius 2 is 1.66 bits per heavy atom. The first kappa shape index (κ1) is 22.6. The lowest BCUT2D eigenvalue weighted by Crippen LogP contribution is -2.17. The van der Waals surface area contributed by atoms with Gasteiger partial charge in [0.1, 0.15) is 6.61 Å². The van der Waals surface area contributed by atoms with Crippen molar-refractivity contribution in [2.45, 2.75) is 26.6 Å². The van der Waals surface area contributed by atoms with Crippen LogP contribution in [-0.2, 0) is 11.3 Å². The quantitative estimate of drug-likeness (QED) is 0.372. The Morgan fingerprint density at radius 1 is 0.938 bits per heavy atom. The molecule has 0 bridgehead atoms. The van der Waals surface area contributed by atoms with Gasteiger partial charge in [0.15, 0.2) is 17.3 Å². The second kappa shape index (κ2) is 10.3. The zero-order valence-electron chi connectivity index (χ0n) is 18.1. The number of ether oxygens (including phenoxy) is 3. The fourth-order valence-electron chi connectivity index (χ4n) is 3.09. The van der Waals surface area contributed by atoms with Crippen molar-refractivity contribution in [2.75, 3.05) is 7.11 Å². The van der Waals surface area contributed by atoms with Gasteiger partial charge < -0.3 is 14.2 Å². The van der Waals surface area contributed by atoms with Gasteiger partial charge >= 0.3 is 5.97 Å². The Bertz CT molecular complexity index is 1160. The Labute approximate surface area is 187 Å². The van der Waals surface area contributed by atoms with Crippen LogP contribution in [0.1, 0.15) is 51.3 Å². The van der Waals surface area contributed by atoms with Crippen molar-refractivity contribution in [1.82, 2.24) is 0 Å². The molecule has 0 aromatic heterocycles. The summed E-state index contributed by atoms with van der Waals surface area (Å²) < 4.78 is 16.7. The average molecular weight is 429 g/mol. The van der Waals surface area contributed by atoms with E-state index in [-0.39, 0.29) is 29.4 Å². The number of benzene rings is 3. The van der Waals surface area contributed by atoms with Gasteiger partial charge in [-0.25, -0.2) is 4.79 Å². The molecule has 0 fully saturated rings. The molecule has 0 atom stereocenters. The zero-order chi connectivity index (χ0) is 23.1. The molecule has 0 saturated carbocycles. The van der Waals surface area contributed by atoms with Gasteiger partial charge in [-0.05, 0) is 43.7 Å². The molecule has 0 spiro atoms. The van der Waals surface area contributed by atoms with Crippen molar-refractivity contribution in [1.29, 1.82) is 5.26 Å². The van der Waals surface area contributed by atoms with Gasteiger partial charge in [-0.1, -0.05) is 42.5 Å². The number of carbonyl (C=O) groups excluding carboxylic acids is 2. The molecule has 32 heavy (non-hydrogen) atoms. The van der Waals surface area contributed by atoms with E-state index in [0.717, 1.165) is 5.56 Å². The lowest BCUT2D eigenvalue weighted by Gasteiger charge is -2.16. The van der Waals surface area contributed by atoms with E-state index >= 15 is 0 Å². The second-order valence-corrected chi connectivity index (χ2v) is 7.30. The third kappa shape index (κ3) is 5.32. The van der Waals surface area contributed by atoms with Crippen molar-refractivity contribution >= 4 is 11.8 Å². The molecule has 3 rings (SSSR count). The van der Waals surface area contributed by atoms with Crippen LogP contribution in [-0.4, -0.2) is 25.0 Å². The number of hydrogen-bond donors (Lipinski definition) is 0. The molecule has 0 saturated heterocycles. The van der Waals surface area contributed by atoms with Crippen LogP contribution in [0.5, 0.6) is 11.5 Å². The molecule has 3 aromatic carbocycles. The van der Waals surface area contributed by atoms with Gasteiger partial charge in [0.2, 0.25) is 0 Å². The molecule has 0 aliphatic heterocycles. The number of methoxy groups -OCH3 is 1. The Kier molecular flexibility index (Phi) is 7.25. The molecule has 6 heteroatoms. The van der Waals surface area contributed by atoms with Crippen LogP contribution in [0.3, 0.4) is 0 Å². The smallest absolute Gasteiger partial charge is 0.339 e. The highest BCUT2D eigenvalue weighted by molar-refractivity contribution is 6.15. The summed E-state index contributed by atoms with van der Waals surface area (Å²) in [4.78, 5) is 26.1. The predicted octanol–water partition coefficient (Wildman–Crippen LogP) is 4.94. The summed E-state index contributed by atoms with van der Waals surface area (Å²) in [7, 11) is 1.46. The number of carbonyl (C=O) groups is 2. The van der Waals surface area contributed by atoms with Gasteiger partial charge in [-0.3, -0.25) is 4.79 Å². The highest BCUT2D eigenvalue weighted by Crippen LogP contribution is 2.33. The van der Waals surface area contributed by atoms with Crippen molar-refractivity contribution in [3.63, 3.8) is 0 Å². The SMILES string of the molecule is COc1cc(C(=O)OC(C)C)c(C(=O)c2cccc(C#N)c2)cc1OCc1ccccc1. The average Bonchev–Trinajstić information content (AvgIpc) is 2.81. The summed E-state index contributed by atoms with van der Waals surface area (Å²) in [6.07, 6.45) is -0.368. The standard InChI is InChI=1S/C26H23NO5/c1-17(2)32-26(29)22-14-23(30-3)24(31-16-18-8-5-4-6-9-18)13-21(22)25(28)20-11-7-10-19(12-20)15-27/h4-14,17H,16H2,1-3H3. The van der Waals surface area contributed by atoms with Crippen molar-refractivity contribution in [2.24, 2.45) is 0 Å². The molecule has 0 heterocycles. The maximum Gasteiger partial charge on any atom is 0.339 e. The van der Waals surface area contributed by atoms with Gasteiger partial charge in [-0.15, -0.1) is 0 Å². The summed E-state index contributed by atoms with van der Waals surface area (Å²) in [6, 6.07) is 20.8. The normalized spacial score (nSPS) is 10.3. The predicted molar refractivity (Wildman–Crippen MR) is 119 cm³/mol. The fraction of sp³-hybridized carbons (Fsp3) is 0.192. The van der Waals surface area contributed by atoms with Crippen LogP contribution in [0, 0.1) is 11.3 Å². The maximum atomic E-state index is 13.3. The molecular formula is C26H23NO5. The number of hydrogen-bond acceptors (Lipinski definition) is 6. The van der Waals surface area contributed by atoms with Gasteiger partial charge in [0, 0.05) is 11.1 Å². The molecule has 0 aliphatic carbocycles. The van der Waals surface area contributed by atoms with Gasteiger partial charge in [0.05, 0.1) is 30.4 Å². The van der Waals surface area contributed by atoms with Crippen LogP contribution in [0.4, 0.5) is 0 Å². The van der Waals surface area contributed by atoms with Crippen molar-refractivity contribution in [3.05, 3.63) is 94.5 Å². The first-order valence-electron chi connectivity index (χ1n) is 10.1. The molecule has 0 radical (unpaired) electrons. The summed E-state index contributed by atoms with van der Waals surface area (Å²) in [5, 5.41) is 9.18. The second-order valence-electron chi connectivity index (χ2n) is 7.30. The molecule has 3 aromatic rings. The number of rotatable bonds is 8. The fourth-order valence-corrected chi connectivity index (χ4v) is 3.09. The van der Waals surface area contributed by atoms with E-state index in [1.807, 2.05) is 36.4 Å². The minimum absolute atomic E-state index is 0.0648. The zero-order valence-corrected chi connectivity index (χ0v) is 18.1. The minimum Gasteiger partial charge on any atom is -0.493 e. The van der Waals surface area contributed by atoms with E-state index in [9.17, 15) is 14.9 Å². The highest BCUT2D eigenvalue weighted by atomic mass is 16.5. The molecular weight excluding hydrogens is 406 g/mol. The molecule has 0 unspecified atom stereocenters. The monoisotopic (exact) mass is 429 g/mol. The van der Waals surface area contributed by atoms with Crippen molar-refractivity contribution < 1.29 is 23.8 Å². The number of nitriles is 1. The number of nitrogens with zero attached hydrogens (tertiary/aromatic N) is 1. The van der Waals surface area contributed by atoms with E-state index in [2.05, 4.69) is 0 Å². The molecule has 6 nitrogen and oxygen atoms in total. The summed E-state index contributed by atoms with van der Waals surface area (Å²) >= 11 is 0. The number of esters is 1. The summed E-state index contributed by atoms with van der Waals surface area (Å²) in [5.41, 5.74) is 1.73. The van der Waals surface area contributed by atoms with Gasteiger partial charge in [0.25, 0.3) is 0 Å². The Hall–Kier alpha value is -4.11. The third-order valence-electron chi connectivity index (χ3n) is 4.60. The first-order chi connectivity index (χ1) is 15.4. The van der Waals surface area contributed by atoms with E-state index < -0.39 is 11.8 Å². The van der Waals surface area contributed by atoms with E-state index in [1.165, 1.54) is 25.3 Å². The Balaban J connectivity index is 2.06. The van der Waals surface area contributed by atoms with E-state index in [0.29, 0.717) is 17.1 Å². The van der Waals surface area contributed by atoms with Crippen LogP contribution in [0.25, 0.3) is 0 Å². The lowest BCUT2D eigenvalue weighted by molar-refractivity contribution is 0.0375. The molecule has 0 aliphatic rings. The van der Waals surface area contributed by atoms with Crippen LogP contribution >= 0.6 is 0 Å².